The van der Waals surface area contributed by atoms with Crippen LogP contribution in [0.4, 0.5) is 0 Å². The molecule has 5 nitrogen and oxygen atoms in total. The van der Waals surface area contributed by atoms with Gasteiger partial charge in [0, 0.05) is 38.1 Å². The summed E-state index contributed by atoms with van der Waals surface area (Å²) in [6.07, 6.45) is 2.58. The van der Waals surface area contributed by atoms with Crippen LogP contribution >= 0.6 is 0 Å². The van der Waals surface area contributed by atoms with E-state index in [1.807, 2.05) is 0 Å². The number of nitrogens with zero attached hydrogens (tertiary/aromatic N) is 2. The highest BCUT2D eigenvalue weighted by Crippen LogP contribution is 2.15. The fraction of sp³-hybridized carbons (Fsp3) is 0.917. The average Bonchev–Trinajstić information content (AvgIpc) is 2.35. The number of hydrazine groups is 1. The minimum absolute atomic E-state index is 0.0713. The summed E-state index contributed by atoms with van der Waals surface area (Å²) in [4.78, 5) is 16.0. The zero-order valence-electron chi connectivity index (χ0n) is 11.3. The molecule has 3 N–H and O–H groups in total. The highest BCUT2D eigenvalue weighted by Gasteiger charge is 2.25. The maximum absolute atomic E-state index is 11.1. The van der Waals surface area contributed by atoms with Gasteiger partial charge in [-0.1, -0.05) is 6.92 Å². The van der Waals surface area contributed by atoms with E-state index in [0.29, 0.717) is 18.5 Å². The monoisotopic (exact) mass is 242 g/mol. The van der Waals surface area contributed by atoms with Crippen molar-refractivity contribution < 1.29 is 4.79 Å². The van der Waals surface area contributed by atoms with Gasteiger partial charge in [0.05, 0.1) is 0 Å². The van der Waals surface area contributed by atoms with Gasteiger partial charge in [0.1, 0.15) is 0 Å². The van der Waals surface area contributed by atoms with E-state index in [1.54, 1.807) is 0 Å². The number of piperazine rings is 1. The summed E-state index contributed by atoms with van der Waals surface area (Å²) in [7, 11) is 2.19. The molecular formula is C12H26N4O. The van der Waals surface area contributed by atoms with Crippen molar-refractivity contribution in [2.45, 2.75) is 45.2 Å². The third-order valence-electron chi connectivity index (χ3n) is 3.85. The van der Waals surface area contributed by atoms with Gasteiger partial charge in [0.2, 0.25) is 5.91 Å². The quantitative estimate of drug-likeness (QED) is 0.410. The molecule has 1 heterocycles. The van der Waals surface area contributed by atoms with E-state index in [9.17, 15) is 4.79 Å². The molecule has 1 aliphatic rings. The zero-order chi connectivity index (χ0) is 12.8. The van der Waals surface area contributed by atoms with Gasteiger partial charge in [-0.15, -0.1) is 0 Å². The molecule has 1 aliphatic heterocycles. The lowest BCUT2D eigenvalue weighted by Gasteiger charge is -2.42. The number of carbonyl (C=O) groups is 1. The van der Waals surface area contributed by atoms with Crippen LogP contribution in [0.15, 0.2) is 0 Å². The second-order valence-corrected chi connectivity index (χ2v) is 4.99. The van der Waals surface area contributed by atoms with Gasteiger partial charge in [0.25, 0.3) is 0 Å². The van der Waals surface area contributed by atoms with Crippen LogP contribution in [0.3, 0.4) is 0 Å². The van der Waals surface area contributed by atoms with Gasteiger partial charge in [-0.3, -0.25) is 15.1 Å². The molecule has 0 saturated carbocycles. The molecule has 1 rings (SSSR count). The van der Waals surface area contributed by atoms with Crippen molar-refractivity contribution in [1.82, 2.24) is 15.2 Å². The first-order chi connectivity index (χ1) is 8.08. The fourth-order valence-electron chi connectivity index (χ4n) is 2.41. The molecule has 1 amide bonds. The number of nitrogens with two attached hydrogens (primary N) is 1. The average molecular weight is 242 g/mol. The van der Waals surface area contributed by atoms with E-state index in [0.717, 1.165) is 26.1 Å². The summed E-state index contributed by atoms with van der Waals surface area (Å²) in [5.41, 5.74) is 2.18. The lowest BCUT2D eigenvalue weighted by molar-refractivity contribution is -0.121. The van der Waals surface area contributed by atoms with E-state index < -0.39 is 0 Å². The maximum Gasteiger partial charge on any atom is 0.233 e. The molecule has 2 atom stereocenters. The molecule has 0 spiro atoms. The summed E-state index contributed by atoms with van der Waals surface area (Å²) >= 11 is 0. The summed E-state index contributed by atoms with van der Waals surface area (Å²) in [5, 5.41) is 0. The molecule has 0 aliphatic carbocycles. The Bertz CT molecular complexity index is 247. The number of hydrogen-bond acceptors (Lipinski definition) is 4. The van der Waals surface area contributed by atoms with Crippen LogP contribution in [0.1, 0.15) is 33.1 Å². The van der Waals surface area contributed by atoms with E-state index in [-0.39, 0.29) is 5.91 Å². The number of rotatable bonds is 5. The minimum Gasteiger partial charge on any atom is -0.301 e. The Labute approximate surface area is 104 Å². The van der Waals surface area contributed by atoms with Crippen LogP contribution < -0.4 is 11.3 Å². The lowest BCUT2D eigenvalue weighted by atomic mass is 10.1. The van der Waals surface area contributed by atoms with Gasteiger partial charge in [-0.05, 0) is 26.8 Å². The first-order valence-corrected chi connectivity index (χ1v) is 6.52. The maximum atomic E-state index is 11.1. The molecule has 17 heavy (non-hydrogen) atoms. The standard InChI is InChI=1S/C12H26N4O/c1-4-11-9-16(8-7-15(11)3)10(2)5-6-12(17)14-13/h10-11H,4-9,13H2,1-3H3,(H,14,17). The molecule has 0 aromatic carbocycles. The number of likely N-dealkylation sites (N-methyl/N-ethyl adjacent to an activating group) is 1. The molecule has 5 heteroatoms. The highest BCUT2D eigenvalue weighted by atomic mass is 16.2. The predicted octanol–water partition coefficient (Wildman–Crippen LogP) is 0.171. The Morgan fingerprint density at radius 1 is 1.53 bits per heavy atom. The Morgan fingerprint density at radius 2 is 2.24 bits per heavy atom. The molecule has 1 fully saturated rings. The number of nitrogens with one attached hydrogen (secondary N) is 1. The fourth-order valence-corrected chi connectivity index (χ4v) is 2.41. The van der Waals surface area contributed by atoms with Crippen molar-refractivity contribution in [3.63, 3.8) is 0 Å². The van der Waals surface area contributed by atoms with Crippen molar-refractivity contribution in [1.29, 1.82) is 0 Å². The molecule has 0 aromatic heterocycles. The summed E-state index contributed by atoms with van der Waals surface area (Å²) in [6.45, 7) is 7.75. The summed E-state index contributed by atoms with van der Waals surface area (Å²) < 4.78 is 0. The third-order valence-corrected chi connectivity index (χ3v) is 3.85. The summed E-state index contributed by atoms with van der Waals surface area (Å²) in [5.74, 6) is 5.01. The van der Waals surface area contributed by atoms with Crippen LogP contribution in [-0.4, -0.2) is 54.5 Å². The molecular weight excluding hydrogens is 216 g/mol. The largest absolute Gasteiger partial charge is 0.301 e. The molecule has 0 radical (unpaired) electrons. The van der Waals surface area contributed by atoms with Crippen LogP contribution in [-0.2, 0) is 4.79 Å². The topological polar surface area (TPSA) is 61.6 Å². The molecule has 0 bridgehead atoms. The minimum atomic E-state index is -0.0713. The van der Waals surface area contributed by atoms with Crippen molar-refractivity contribution in [3.8, 4) is 0 Å². The first kappa shape index (κ1) is 14.4. The Balaban J connectivity index is 2.36. The van der Waals surface area contributed by atoms with Crippen molar-refractivity contribution >= 4 is 5.91 Å². The van der Waals surface area contributed by atoms with Crippen LogP contribution in [0.25, 0.3) is 0 Å². The Hall–Kier alpha value is -0.650. The van der Waals surface area contributed by atoms with Crippen LogP contribution in [0.5, 0.6) is 0 Å². The van der Waals surface area contributed by atoms with Crippen molar-refractivity contribution in [2.24, 2.45) is 5.84 Å². The van der Waals surface area contributed by atoms with E-state index in [2.05, 4.69) is 36.1 Å². The second-order valence-electron chi connectivity index (χ2n) is 4.99. The lowest BCUT2D eigenvalue weighted by Crippen LogP contribution is -2.53. The predicted molar refractivity (Wildman–Crippen MR) is 69.3 cm³/mol. The number of carbonyl (C=O) groups excluding carboxylic acids is 1. The highest BCUT2D eigenvalue weighted by molar-refractivity contribution is 5.75. The molecule has 0 aromatic rings. The Morgan fingerprint density at radius 3 is 2.82 bits per heavy atom. The smallest absolute Gasteiger partial charge is 0.233 e. The normalized spacial score (nSPS) is 24.6. The van der Waals surface area contributed by atoms with E-state index in [1.165, 1.54) is 6.42 Å². The SMILES string of the molecule is CCC1CN(C(C)CCC(=O)NN)CCN1C. The van der Waals surface area contributed by atoms with Crippen molar-refractivity contribution in [2.75, 3.05) is 26.7 Å². The second kappa shape index (κ2) is 6.93. The van der Waals surface area contributed by atoms with Gasteiger partial charge in [-0.2, -0.15) is 0 Å². The van der Waals surface area contributed by atoms with E-state index >= 15 is 0 Å². The summed E-state index contributed by atoms with van der Waals surface area (Å²) in [6, 6.07) is 1.10. The van der Waals surface area contributed by atoms with Gasteiger partial charge in [0.15, 0.2) is 0 Å². The van der Waals surface area contributed by atoms with Crippen molar-refractivity contribution in [3.05, 3.63) is 0 Å². The zero-order valence-corrected chi connectivity index (χ0v) is 11.3. The number of hydrogen-bond donors (Lipinski definition) is 2. The molecule has 1 saturated heterocycles. The van der Waals surface area contributed by atoms with Gasteiger partial charge >= 0.3 is 0 Å². The van der Waals surface area contributed by atoms with Crippen LogP contribution in [0, 0.1) is 0 Å². The number of amides is 1. The molecule has 2 unspecified atom stereocenters. The third kappa shape index (κ3) is 4.26. The first-order valence-electron chi connectivity index (χ1n) is 6.52. The van der Waals surface area contributed by atoms with Gasteiger partial charge < -0.3 is 4.90 Å². The Kier molecular flexibility index (Phi) is 5.88. The molecule has 100 valence electrons. The van der Waals surface area contributed by atoms with Crippen LogP contribution in [0.2, 0.25) is 0 Å². The van der Waals surface area contributed by atoms with E-state index in [4.69, 9.17) is 5.84 Å². The van der Waals surface area contributed by atoms with Gasteiger partial charge in [-0.25, -0.2) is 5.84 Å².